The number of aromatic amines is 1. The molecule has 56 valence electrons. The van der Waals surface area contributed by atoms with E-state index in [1.807, 2.05) is 0 Å². The van der Waals surface area contributed by atoms with Crippen molar-refractivity contribution in [2.75, 3.05) is 0 Å². The predicted octanol–water partition coefficient (Wildman–Crippen LogP) is 0.126. The molecule has 0 bridgehead atoms. The minimum Gasteiger partial charge on any atom is -0.355 e. The minimum absolute atomic E-state index is 0.00694. The normalized spacial score (nSPS) is 11.9. The predicted molar refractivity (Wildman–Crippen MR) is 37.2 cm³/mol. The topological polar surface area (TPSA) is 73.3 Å². The summed E-state index contributed by atoms with van der Waals surface area (Å²) in [5, 5.41) is 0. The van der Waals surface area contributed by atoms with E-state index in [1.54, 1.807) is 13.0 Å². The van der Waals surface area contributed by atoms with E-state index >= 15 is 0 Å². The number of hydrogen-bond acceptors (Lipinski definition) is 1. The molecular formula is C5H8NO3P. The lowest BCUT2D eigenvalue weighted by atomic mass is 10.4. The van der Waals surface area contributed by atoms with Crippen molar-refractivity contribution in [3.8, 4) is 0 Å². The third kappa shape index (κ3) is 1.29. The van der Waals surface area contributed by atoms with E-state index in [2.05, 4.69) is 4.98 Å². The number of rotatable bonds is 1. The van der Waals surface area contributed by atoms with Gasteiger partial charge in [0, 0.05) is 6.20 Å². The Labute approximate surface area is 58.1 Å². The van der Waals surface area contributed by atoms with E-state index in [4.69, 9.17) is 9.79 Å². The molecule has 1 aromatic heterocycles. The zero-order chi connectivity index (χ0) is 7.78. The summed E-state index contributed by atoms with van der Waals surface area (Å²) in [5.41, 5.74) is 0.598. The van der Waals surface area contributed by atoms with Crippen molar-refractivity contribution in [2.45, 2.75) is 6.92 Å². The molecule has 1 aromatic rings. The quantitative estimate of drug-likeness (QED) is 0.512. The van der Waals surface area contributed by atoms with E-state index in [1.165, 1.54) is 6.20 Å². The third-order valence-electron chi connectivity index (χ3n) is 1.22. The van der Waals surface area contributed by atoms with E-state index in [0.29, 0.717) is 5.56 Å². The zero-order valence-corrected chi connectivity index (χ0v) is 6.30. The molecule has 10 heavy (non-hydrogen) atoms. The van der Waals surface area contributed by atoms with Crippen molar-refractivity contribution >= 4 is 13.0 Å². The Morgan fingerprint density at radius 3 is 2.40 bits per heavy atom. The summed E-state index contributed by atoms with van der Waals surface area (Å²) in [4.78, 5) is 19.8. The lowest BCUT2D eigenvalue weighted by Gasteiger charge is -2.00. The molecule has 0 amide bonds. The molecule has 5 heteroatoms. The maximum absolute atomic E-state index is 10.6. The average Bonchev–Trinajstić information content (AvgIpc) is 2.11. The largest absolute Gasteiger partial charge is 0.372 e. The minimum atomic E-state index is -4.06. The molecule has 0 aliphatic rings. The van der Waals surface area contributed by atoms with Gasteiger partial charge in [-0.1, -0.05) is 0 Å². The number of hydrogen-bond donors (Lipinski definition) is 3. The van der Waals surface area contributed by atoms with Crippen LogP contribution >= 0.6 is 7.60 Å². The average molecular weight is 161 g/mol. The highest BCUT2D eigenvalue weighted by Crippen LogP contribution is 2.33. The second-order valence-electron chi connectivity index (χ2n) is 2.05. The second-order valence-corrected chi connectivity index (χ2v) is 3.59. The first-order valence-corrected chi connectivity index (χ1v) is 4.33. The van der Waals surface area contributed by atoms with E-state index in [9.17, 15) is 4.57 Å². The van der Waals surface area contributed by atoms with Gasteiger partial charge in [0.15, 0.2) is 0 Å². The Bertz CT molecular complexity index is 274. The van der Waals surface area contributed by atoms with Gasteiger partial charge in [-0.05, 0) is 18.6 Å². The standard InChI is InChI=1S/C5H8NO3P/c1-4-2-3-6-5(4)10(7,8)9/h2-3,6H,1H3,(H2,7,8,9). The lowest BCUT2D eigenvalue weighted by Crippen LogP contribution is -2.07. The van der Waals surface area contributed by atoms with Gasteiger partial charge >= 0.3 is 7.60 Å². The summed E-state index contributed by atoms with van der Waals surface area (Å²) in [6, 6.07) is 1.62. The molecule has 0 aliphatic heterocycles. The number of aromatic nitrogens is 1. The van der Waals surface area contributed by atoms with Crippen molar-refractivity contribution in [1.29, 1.82) is 0 Å². The van der Waals surface area contributed by atoms with Gasteiger partial charge in [0.25, 0.3) is 0 Å². The first-order chi connectivity index (χ1) is 4.52. The fourth-order valence-electron chi connectivity index (χ4n) is 0.752. The van der Waals surface area contributed by atoms with Crippen LogP contribution in [-0.4, -0.2) is 14.8 Å². The molecule has 0 saturated heterocycles. The van der Waals surface area contributed by atoms with Crippen molar-refractivity contribution < 1.29 is 14.4 Å². The van der Waals surface area contributed by atoms with Crippen LogP contribution in [0.1, 0.15) is 5.56 Å². The number of H-pyrrole nitrogens is 1. The first-order valence-electron chi connectivity index (χ1n) is 2.72. The maximum Gasteiger partial charge on any atom is 0.372 e. The molecule has 0 aliphatic carbocycles. The van der Waals surface area contributed by atoms with Crippen LogP contribution in [0.5, 0.6) is 0 Å². The number of nitrogens with one attached hydrogen (secondary N) is 1. The van der Waals surface area contributed by atoms with Gasteiger partial charge in [-0.15, -0.1) is 0 Å². The van der Waals surface area contributed by atoms with Crippen molar-refractivity contribution in [3.63, 3.8) is 0 Å². The number of aryl methyl sites for hydroxylation is 1. The van der Waals surface area contributed by atoms with Gasteiger partial charge in [-0.25, -0.2) is 0 Å². The molecule has 0 saturated carbocycles. The molecule has 0 aromatic carbocycles. The molecule has 0 unspecified atom stereocenters. The fourth-order valence-corrected chi connectivity index (χ4v) is 1.53. The zero-order valence-electron chi connectivity index (χ0n) is 5.40. The molecule has 0 radical (unpaired) electrons. The van der Waals surface area contributed by atoms with Crippen molar-refractivity contribution in [2.24, 2.45) is 0 Å². The highest BCUT2D eigenvalue weighted by atomic mass is 31.2. The van der Waals surface area contributed by atoms with Gasteiger partial charge in [-0.3, -0.25) is 4.57 Å². The molecule has 4 nitrogen and oxygen atoms in total. The van der Waals surface area contributed by atoms with Gasteiger partial charge in [0.05, 0.1) is 0 Å². The van der Waals surface area contributed by atoms with E-state index in [0.717, 1.165) is 0 Å². The summed E-state index contributed by atoms with van der Waals surface area (Å²) in [7, 11) is -4.06. The van der Waals surface area contributed by atoms with Gasteiger partial charge in [0.2, 0.25) is 0 Å². The van der Waals surface area contributed by atoms with Crippen LogP contribution in [-0.2, 0) is 4.57 Å². The monoisotopic (exact) mass is 161 g/mol. The van der Waals surface area contributed by atoms with Crippen molar-refractivity contribution in [3.05, 3.63) is 17.8 Å². The Balaban J connectivity index is 3.18. The van der Waals surface area contributed by atoms with E-state index < -0.39 is 7.60 Å². The Hall–Kier alpha value is -0.570. The van der Waals surface area contributed by atoms with Crippen LogP contribution in [0.4, 0.5) is 0 Å². The Morgan fingerprint density at radius 2 is 2.20 bits per heavy atom. The molecule has 1 heterocycles. The molecule has 1 rings (SSSR count). The van der Waals surface area contributed by atoms with E-state index in [-0.39, 0.29) is 5.44 Å². The van der Waals surface area contributed by atoms with Crippen molar-refractivity contribution in [1.82, 2.24) is 4.98 Å². The summed E-state index contributed by atoms with van der Waals surface area (Å²) >= 11 is 0. The molecule has 0 spiro atoms. The smallest absolute Gasteiger partial charge is 0.355 e. The van der Waals surface area contributed by atoms with Gasteiger partial charge < -0.3 is 14.8 Å². The summed E-state index contributed by atoms with van der Waals surface area (Å²) < 4.78 is 10.6. The first kappa shape index (κ1) is 7.54. The molecule has 0 fully saturated rings. The summed E-state index contributed by atoms with van der Waals surface area (Å²) in [5.74, 6) is 0. The Morgan fingerprint density at radius 1 is 1.60 bits per heavy atom. The Kier molecular flexibility index (Phi) is 1.68. The van der Waals surface area contributed by atoms with Crippen LogP contribution in [0.3, 0.4) is 0 Å². The summed E-state index contributed by atoms with van der Waals surface area (Å²) in [6.45, 7) is 1.64. The molecular weight excluding hydrogens is 153 g/mol. The van der Waals surface area contributed by atoms with Crippen LogP contribution < -0.4 is 5.44 Å². The summed E-state index contributed by atoms with van der Waals surface area (Å²) in [6.07, 6.45) is 1.50. The SMILES string of the molecule is Cc1cc[nH]c1P(=O)(O)O. The van der Waals surface area contributed by atoms with Crippen LogP contribution in [0.15, 0.2) is 12.3 Å². The van der Waals surface area contributed by atoms with Crippen LogP contribution in [0.25, 0.3) is 0 Å². The molecule has 0 atom stereocenters. The second kappa shape index (κ2) is 2.23. The van der Waals surface area contributed by atoms with Gasteiger partial charge in [-0.2, -0.15) is 0 Å². The van der Waals surface area contributed by atoms with Crippen LogP contribution in [0, 0.1) is 6.92 Å². The van der Waals surface area contributed by atoms with Crippen LogP contribution in [0.2, 0.25) is 0 Å². The lowest BCUT2D eigenvalue weighted by molar-refractivity contribution is 0.386. The highest BCUT2D eigenvalue weighted by molar-refractivity contribution is 7.60. The molecule has 3 N–H and O–H groups in total. The maximum atomic E-state index is 10.6. The third-order valence-corrected chi connectivity index (χ3v) is 2.28. The fraction of sp³-hybridized carbons (Fsp3) is 0.200. The van der Waals surface area contributed by atoms with Gasteiger partial charge in [0.1, 0.15) is 5.44 Å². The highest BCUT2D eigenvalue weighted by Gasteiger charge is 2.19.